The first-order chi connectivity index (χ1) is 15.6. The van der Waals surface area contributed by atoms with E-state index in [0.29, 0.717) is 18.9 Å². The number of tetrazole rings is 1. The van der Waals surface area contributed by atoms with E-state index in [1.165, 1.54) is 4.68 Å². The minimum absolute atomic E-state index is 0.0788. The van der Waals surface area contributed by atoms with Crippen molar-refractivity contribution >= 4 is 0 Å². The van der Waals surface area contributed by atoms with Gasteiger partial charge in [-0.3, -0.25) is 4.57 Å². The quantitative estimate of drug-likeness (QED) is 0.427. The van der Waals surface area contributed by atoms with Gasteiger partial charge in [0, 0.05) is 11.5 Å². The second kappa shape index (κ2) is 9.55. The molecule has 4 aromatic rings. The summed E-state index contributed by atoms with van der Waals surface area (Å²) < 4.78 is 3.33. The molecule has 32 heavy (non-hydrogen) atoms. The summed E-state index contributed by atoms with van der Waals surface area (Å²) in [6, 6.07) is 16.2. The summed E-state index contributed by atoms with van der Waals surface area (Å²) in [7, 11) is 0. The van der Waals surface area contributed by atoms with Crippen molar-refractivity contribution < 1.29 is 0 Å². The second-order valence-electron chi connectivity index (χ2n) is 7.77. The number of nitrogens with one attached hydrogen (secondary N) is 1. The average molecular weight is 430 g/mol. The zero-order valence-electron chi connectivity index (χ0n) is 18.6. The Morgan fingerprint density at radius 2 is 1.84 bits per heavy atom. The van der Waals surface area contributed by atoms with Crippen molar-refractivity contribution in [2.45, 2.75) is 46.2 Å². The predicted octanol–water partition coefficient (Wildman–Crippen LogP) is 4.03. The SMILES string of the molecule is CC=CCn1nc(C(C)CC)n(Cc2ccc(-c3ccccc3-c3nn[nH]n3)cc2)c1=O. The van der Waals surface area contributed by atoms with Gasteiger partial charge in [0.1, 0.15) is 5.82 Å². The zero-order chi connectivity index (χ0) is 22.5. The molecule has 0 aliphatic carbocycles. The minimum Gasteiger partial charge on any atom is -0.274 e. The Hall–Kier alpha value is -3.81. The summed E-state index contributed by atoms with van der Waals surface area (Å²) >= 11 is 0. The van der Waals surface area contributed by atoms with E-state index in [2.05, 4.69) is 63.8 Å². The van der Waals surface area contributed by atoms with Gasteiger partial charge in [-0.05, 0) is 35.2 Å². The monoisotopic (exact) mass is 429 g/mol. The molecule has 1 unspecified atom stereocenters. The minimum atomic E-state index is -0.0788. The molecule has 2 aromatic heterocycles. The number of hydrogen-bond acceptors (Lipinski definition) is 5. The highest BCUT2D eigenvalue weighted by molar-refractivity contribution is 5.80. The molecule has 0 fully saturated rings. The lowest BCUT2D eigenvalue weighted by molar-refractivity contribution is 0.608. The Labute approximate surface area is 186 Å². The van der Waals surface area contributed by atoms with Gasteiger partial charge in [0.2, 0.25) is 5.82 Å². The van der Waals surface area contributed by atoms with Gasteiger partial charge in [0.05, 0.1) is 13.1 Å². The maximum Gasteiger partial charge on any atom is 0.346 e. The van der Waals surface area contributed by atoms with Gasteiger partial charge in [-0.25, -0.2) is 9.48 Å². The van der Waals surface area contributed by atoms with E-state index in [1.807, 2.05) is 43.3 Å². The molecule has 0 radical (unpaired) electrons. The van der Waals surface area contributed by atoms with Crippen LogP contribution in [-0.2, 0) is 13.1 Å². The second-order valence-corrected chi connectivity index (χ2v) is 7.77. The Balaban J connectivity index is 1.65. The Morgan fingerprint density at radius 3 is 2.50 bits per heavy atom. The van der Waals surface area contributed by atoms with E-state index in [9.17, 15) is 4.79 Å². The molecular formula is C24H27N7O. The largest absolute Gasteiger partial charge is 0.346 e. The molecule has 2 heterocycles. The number of nitrogens with zero attached hydrogens (tertiary/aromatic N) is 6. The summed E-state index contributed by atoms with van der Waals surface area (Å²) in [6.07, 6.45) is 4.79. The Kier molecular flexibility index (Phi) is 6.39. The fourth-order valence-corrected chi connectivity index (χ4v) is 3.66. The van der Waals surface area contributed by atoms with Crippen molar-refractivity contribution in [3.05, 3.63) is 82.6 Å². The summed E-state index contributed by atoms with van der Waals surface area (Å²) in [5.74, 6) is 1.59. The topological polar surface area (TPSA) is 94.3 Å². The van der Waals surface area contributed by atoms with Gasteiger partial charge in [0.15, 0.2) is 0 Å². The molecule has 0 spiro atoms. The smallest absolute Gasteiger partial charge is 0.274 e. The van der Waals surface area contributed by atoms with Gasteiger partial charge in [-0.2, -0.15) is 10.3 Å². The molecule has 1 N–H and O–H groups in total. The van der Waals surface area contributed by atoms with Crippen LogP contribution in [0, 0.1) is 0 Å². The number of allylic oxidation sites excluding steroid dienone is 2. The number of H-pyrrole nitrogens is 1. The van der Waals surface area contributed by atoms with E-state index in [1.54, 1.807) is 4.57 Å². The van der Waals surface area contributed by atoms with Crippen molar-refractivity contribution in [2.75, 3.05) is 0 Å². The first kappa shape index (κ1) is 21.4. The molecule has 0 aliphatic heterocycles. The fourth-order valence-electron chi connectivity index (χ4n) is 3.66. The van der Waals surface area contributed by atoms with Crippen molar-refractivity contribution in [1.82, 2.24) is 35.0 Å². The maximum absolute atomic E-state index is 13.0. The van der Waals surface area contributed by atoms with E-state index < -0.39 is 0 Å². The molecule has 0 bridgehead atoms. The first-order valence-corrected chi connectivity index (χ1v) is 10.8. The highest BCUT2D eigenvalue weighted by atomic mass is 16.2. The number of aromatic nitrogens is 7. The predicted molar refractivity (Wildman–Crippen MR) is 124 cm³/mol. The molecule has 0 saturated heterocycles. The van der Waals surface area contributed by atoms with Crippen molar-refractivity contribution in [3.63, 3.8) is 0 Å². The van der Waals surface area contributed by atoms with Crippen LogP contribution in [0.5, 0.6) is 0 Å². The van der Waals surface area contributed by atoms with Crippen LogP contribution < -0.4 is 5.69 Å². The van der Waals surface area contributed by atoms with Gasteiger partial charge < -0.3 is 0 Å². The highest BCUT2D eigenvalue weighted by Crippen LogP contribution is 2.29. The van der Waals surface area contributed by atoms with E-state index in [4.69, 9.17) is 0 Å². The van der Waals surface area contributed by atoms with Crippen molar-refractivity contribution in [3.8, 4) is 22.5 Å². The zero-order valence-corrected chi connectivity index (χ0v) is 18.6. The van der Waals surface area contributed by atoms with Crippen LogP contribution in [0.4, 0.5) is 0 Å². The van der Waals surface area contributed by atoms with Gasteiger partial charge in [0.25, 0.3) is 0 Å². The molecule has 8 heteroatoms. The lowest BCUT2D eigenvalue weighted by atomic mass is 9.98. The molecule has 1 atom stereocenters. The summed E-state index contributed by atoms with van der Waals surface area (Å²) in [4.78, 5) is 13.0. The van der Waals surface area contributed by atoms with Crippen LogP contribution in [0.15, 0.2) is 65.5 Å². The number of benzene rings is 2. The molecule has 0 saturated carbocycles. The number of aromatic amines is 1. The Morgan fingerprint density at radius 1 is 1.09 bits per heavy atom. The first-order valence-electron chi connectivity index (χ1n) is 10.8. The lowest BCUT2D eigenvalue weighted by Crippen LogP contribution is -2.26. The molecule has 4 rings (SSSR count). The summed E-state index contributed by atoms with van der Waals surface area (Å²) in [6.45, 7) is 7.13. The third-order valence-corrected chi connectivity index (χ3v) is 5.64. The standard InChI is InChI=1S/C24H27N7O/c1-4-6-15-31-24(32)30(23(27-31)17(3)5-2)16-18-11-13-19(14-12-18)20-9-7-8-10-21(20)22-25-28-29-26-22/h4,6-14,17H,5,15-16H2,1-3H3,(H,25,26,28,29). The van der Waals surface area contributed by atoms with Crippen LogP contribution in [0.2, 0.25) is 0 Å². The van der Waals surface area contributed by atoms with E-state index in [-0.39, 0.29) is 11.6 Å². The lowest BCUT2D eigenvalue weighted by Gasteiger charge is -2.11. The molecule has 2 aromatic carbocycles. The molecule has 0 amide bonds. The third-order valence-electron chi connectivity index (χ3n) is 5.64. The Bertz CT molecular complexity index is 1250. The van der Waals surface area contributed by atoms with Crippen LogP contribution in [0.3, 0.4) is 0 Å². The fraction of sp³-hybridized carbons (Fsp3) is 0.292. The third kappa shape index (κ3) is 4.30. The molecule has 0 aliphatic rings. The molecule has 164 valence electrons. The highest BCUT2D eigenvalue weighted by Gasteiger charge is 2.18. The average Bonchev–Trinajstić information content (AvgIpc) is 3.47. The van der Waals surface area contributed by atoms with Gasteiger partial charge in [-0.1, -0.05) is 74.5 Å². The van der Waals surface area contributed by atoms with Crippen LogP contribution in [-0.4, -0.2) is 35.0 Å². The summed E-state index contributed by atoms with van der Waals surface area (Å²) in [5, 5.41) is 19.0. The normalized spacial score (nSPS) is 12.5. The van der Waals surface area contributed by atoms with Crippen LogP contribution in [0.1, 0.15) is 44.5 Å². The number of hydrogen-bond donors (Lipinski definition) is 1. The van der Waals surface area contributed by atoms with Crippen molar-refractivity contribution in [1.29, 1.82) is 0 Å². The van der Waals surface area contributed by atoms with Gasteiger partial charge >= 0.3 is 5.69 Å². The van der Waals surface area contributed by atoms with Crippen LogP contribution in [0.25, 0.3) is 22.5 Å². The van der Waals surface area contributed by atoms with E-state index >= 15 is 0 Å². The maximum atomic E-state index is 13.0. The number of rotatable bonds is 8. The van der Waals surface area contributed by atoms with Gasteiger partial charge in [-0.15, -0.1) is 10.2 Å². The molecular weight excluding hydrogens is 402 g/mol. The van der Waals surface area contributed by atoms with Crippen LogP contribution >= 0.6 is 0 Å². The van der Waals surface area contributed by atoms with Crippen molar-refractivity contribution in [2.24, 2.45) is 0 Å². The summed E-state index contributed by atoms with van der Waals surface area (Å²) in [5.41, 5.74) is 3.95. The van der Waals surface area contributed by atoms with E-state index in [0.717, 1.165) is 34.5 Å². The molecule has 8 nitrogen and oxygen atoms in total.